The van der Waals surface area contributed by atoms with Gasteiger partial charge in [-0.25, -0.2) is 0 Å². The number of nitrogens with one attached hydrogen (secondary N) is 2. The summed E-state index contributed by atoms with van der Waals surface area (Å²) in [6, 6.07) is 9.75. The highest BCUT2D eigenvalue weighted by atomic mass is 16.5. The molecule has 2 N–H and O–H groups in total. The molecule has 1 aliphatic rings. The Bertz CT molecular complexity index is 665. The number of carbonyl (C=O) groups is 1. The lowest BCUT2D eigenvalue weighted by Crippen LogP contribution is -2.30. The second-order valence-electron chi connectivity index (χ2n) is 6.73. The van der Waals surface area contributed by atoms with E-state index in [2.05, 4.69) is 20.8 Å². The Balaban J connectivity index is 1.46. The van der Waals surface area contributed by atoms with E-state index in [1.165, 1.54) is 0 Å². The van der Waals surface area contributed by atoms with Crippen LogP contribution in [0.25, 0.3) is 0 Å². The number of rotatable bonds is 7. The predicted octanol–water partition coefficient (Wildman–Crippen LogP) is 2.62. The van der Waals surface area contributed by atoms with E-state index >= 15 is 0 Å². The number of benzene rings is 1. The molecule has 1 unspecified atom stereocenters. The van der Waals surface area contributed by atoms with Crippen LogP contribution in [0, 0.1) is 5.92 Å². The van der Waals surface area contributed by atoms with Gasteiger partial charge >= 0.3 is 0 Å². The summed E-state index contributed by atoms with van der Waals surface area (Å²) >= 11 is 0. The van der Waals surface area contributed by atoms with Gasteiger partial charge in [0.1, 0.15) is 6.04 Å². The zero-order valence-electron chi connectivity index (χ0n) is 14.7. The Morgan fingerprint density at radius 2 is 2.08 bits per heavy atom. The fourth-order valence-corrected chi connectivity index (χ4v) is 3.17. The van der Waals surface area contributed by atoms with Crippen molar-refractivity contribution in [3.63, 3.8) is 0 Å². The maximum atomic E-state index is 12.2. The smallest absolute Gasteiger partial charge is 0.248 e. The van der Waals surface area contributed by atoms with Crippen LogP contribution in [0.2, 0.25) is 0 Å². The van der Waals surface area contributed by atoms with Crippen LogP contribution in [0.4, 0.5) is 0 Å². The van der Waals surface area contributed by atoms with Crippen LogP contribution < -0.4 is 10.6 Å². The molecule has 0 bridgehead atoms. The van der Waals surface area contributed by atoms with Gasteiger partial charge in [-0.2, -0.15) is 4.98 Å². The Morgan fingerprint density at radius 1 is 1.32 bits per heavy atom. The molecule has 2 heterocycles. The van der Waals surface area contributed by atoms with Gasteiger partial charge in [0.05, 0.1) is 0 Å². The lowest BCUT2D eigenvalue weighted by molar-refractivity contribution is -0.122. The number of hydrogen-bond donors (Lipinski definition) is 2. The van der Waals surface area contributed by atoms with Crippen molar-refractivity contribution in [2.24, 2.45) is 5.92 Å². The minimum absolute atomic E-state index is 0.0499. The summed E-state index contributed by atoms with van der Waals surface area (Å²) in [6.07, 6.45) is 4.45. The second kappa shape index (κ2) is 8.76. The van der Waals surface area contributed by atoms with Gasteiger partial charge in [-0.05, 0) is 50.8 Å². The monoisotopic (exact) mass is 342 g/mol. The number of carbonyl (C=O) groups excluding carboxylic acids is 1. The topological polar surface area (TPSA) is 80.0 Å². The number of hydrogen-bond acceptors (Lipinski definition) is 5. The summed E-state index contributed by atoms with van der Waals surface area (Å²) in [7, 11) is 0. The molecule has 1 fully saturated rings. The third-order valence-electron chi connectivity index (χ3n) is 4.68. The minimum atomic E-state index is -0.266. The van der Waals surface area contributed by atoms with Crippen molar-refractivity contribution in [2.75, 3.05) is 13.1 Å². The van der Waals surface area contributed by atoms with Gasteiger partial charge in [0, 0.05) is 12.8 Å². The maximum absolute atomic E-state index is 12.2. The van der Waals surface area contributed by atoms with Crippen LogP contribution in [-0.4, -0.2) is 29.1 Å². The minimum Gasteiger partial charge on any atom is -0.345 e. The van der Waals surface area contributed by atoms with E-state index in [0.29, 0.717) is 30.5 Å². The third kappa shape index (κ3) is 5.39. The van der Waals surface area contributed by atoms with E-state index in [9.17, 15) is 4.79 Å². The molecule has 6 heteroatoms. The van der Waals surface area contributed by atoms with Crippen molar-refractivity contribution in [2.45, 2.75) is 45.1 Å². The lowest BCUT2D eigenvalue weighted by atomic mass is 9.93. The van der Waals surface area contributed by atoms with Gasteiger partial charge in [0.15, 0.2) is 5.82 Å². The molecular weight excluding hydrogens is 316 g/mol. The number of piperidine rings is 1. The van der Waals surface area contributed by atoms with E-state index in [1.54, 1.807) is 0 Å². The molecule has 3 rings (SSSR count). The highest BCUT2D eigenvalue weighted by Crippen LogP contribution is 2.18. The fraction of sp³-hybridized carbons (Fsp3) is 0.526. The highest BCUT2D eigenvalue weighted by molar-refractivity contribution is 5.76. The van der Waals surface area contributed by atoms with Gasteiger partial charge in [-0.3, -0.25) is 4.79 Å². The molecule has 0 aliphatic carbocycles. The molecular formula is C19H26N4O2. The van der Waals surface area contributed by atoms with Crippen molar-refractivity contribution in [3.05, 3.63) is 47.6 Å². The molecule has 1 aromatic heterocycles. The largest absolute Gasteiger partial charge is 0.345 e. The Morgan fingerprint density at radius 3 is 2.84 bits per heavy atom. The zero-order chi connectivity index (χ0) is 17.5. The molecule has 1 atom stereocenters. The summed E-state index contributed by atoms with van der Waals surface area (Å²) in [4.78, 5) is 16.6. The molecule has 1 amide bonds. The number of amides is 1. The van der Waals surface area contributed by atoms with Crippen LogP contribution in [0.5, 0.6) is 0 Å². The van der Waals surface area contributed by atoms with E-state index in [0.717, 1.165) is 37.9 Å². The Labute approximate surface area is 148 Å². The molecule has 1 aromatic carbocycles. The lowest BCUT2D eigenvalue weighted by Gasteiger charge is -2.22. The first-order valence-corrected chi connectivity index (χ1v) is 9.07. The highest BCUT2D eigenvalue weighted by Gasteiger charge is 2.19. The van der Waals surface area contributed by atoms with Crippen molar-refractivity contribution >= 4 is 5.91 Å². The van der Waals surface area contributed by atoms with Gasteiger partial charge in [0.2, 0.25) is 11.8 Å². The summed E-state index contributed by atoms with van der Waals surface area (Å²) in [5, 5.41) is 10.3. The van der Waals surface area contributed by atoms with Gasteiger partial charge in [-0.1, -0.05) is 35.5 Å². The van der Waals surface area contributed by atoms with Gasteiger partial charge in [0.25, 0.3) is 0 Å². The first-order valence-electron chi connectivity index (χ1n) is 9.07. The van der Waals surface area contributed by atoms with E-state index in [-0.39, 0.29) is 11.9 Å². The standard InChI is InChI=1S/C19H26N4O2/c1-14(21-18(24)8-7-15-9-11-20-12-10-15)19-22-17(23-25-19)13-16-5-3-2-4-6-16/h2-6,14-15,20H,7-13H2,1H3,(H,21,24). The third-order valence-corrected chi connectivity index (χ3v) is 4.68. The number of nitrogens with zero attached hydrogens (tertiary/aromatic N) is 2. The molecule has 0 spiro atoms. The van der Waals surface area contributed by atoms with Gasteiger partial charge in [-0.15, -0.1) is 0 Å². The molecule has 0 saturated carbocycles. The Kier molecular flexibility index (Phi) is 6.17. The van der Waals surface area contributed by atoms with Crippen molar-refractivity contribution in [1.82, 2.24) is 20.8 Å². The molecule has 2 aromatic rings. The fourth-order valence-electron chi connectivity index (χ4n) is 3.17. The van der Waals surface area contributed by atoms with Crippen molar-refractivity contribution < 1.29 is 9.32 Å². The zero-order valence-corrected chi connectivity index (χ0v) is 14.7. The Hall–Kier alpha value is -2.21. The normalized spacial score (nSPS) is 16.5. The molecule has 134 valence electrons. The van der Waals surface area contributed by atoms with Crippen LogP contribution in [0.15, 0.2) is 34.9 Å². The summed E-state index contributed by atoms with van der Waals surface area (Å²) in [5.41, 5.74) is 1.13. The maximum Gasteiger partial charge on any atom is 0.248 e. The molecule has 0 radical (unpaired) electrons. The average Bonchev–Trinajstić information content (AvgIpc) is 3.10. The molecule has 25 heavy (non-hydrogen) atoms. The molecule has 1 saturated heterocycles. The first kappa shape index (κ1) is 17.6. The number of aromatic nitrogens is 2. The summed E-state index contributed by atoms with van der Waals surface area (Å²) in [5.74, 6) is 1.80. The second-order valence-corrected chi connectivity index (χ2v) is 6.73. The quantitative estimate of drug-likeness (QED) is 0.808. The van der Waals surface area contributed by atoms with Crippen molar-refractivity contribution in [3.8, 4) is 0 Å². The van der Waals surface area contributed by atoms with E-state index in [1.807, 2.05) is 37.3 Å². The average molecular weight is 342 g/mol. The van der Waals surface area contributed by atoms with Crippen LogP contribution >= 0.6 is 0 Å². The molecule has 6 nitrogen and oxygen atoms in total. The van der Waals surface area contributed by atoms with Crippen molar-refractivity contribution in [1.29, 1.82) is 0 Å². The van der Waals surface area contributed by atoms with E-state index in [4.69, 9.17) is 4.52 Å². The first-order chi connectivity index (χ1) is 12.2. The van der Waals surface area contributed by atoms with Crippen LogP contribution in [-0.2, 0) is 11.2 Å². The SMILES string of the molecule is CC(NC(=O)CCC1CCNCC1)c1nc(Cc2ccccc2)no1. The predicted molar refractivity (Wildman–Crippen MR) is 94.9 cm³/mol. The van der Waals surface area contributed by atoms with E-state index < -0.39 is 0 Å². The van der Waals surface area contributed by atoms with Crippen LogP contribution in [0.3, 0.4) is 0 Å². The van der Waals surface area contributed by atoms with Gasteiger partial charge < -0.3 is 15.2 Å². The van der Waals surface area contributed by atoms with Crippen LogP contribution in [0.1, 0.15) is 55.9 Å². The molecule has 1 aliphatic heterocycles. The summed E-state index contributed by atoms with van der Waals surface area (Å²) < 4.78 is 5.31. The summed E-state index contributed by atoms with van der Waals surface area (Å²) in [6.45, 7) is 4.01.